The monoisotopic (exact) mass is 453 g/mol. The standard InChI is InChI=1S/C23H32ClNO2S2/c1-17-8-9-19(16-26)22(15-17)25(18(2)7-6-14-28-23(3,4)5)29(27)21-12-10-20(24)11-13-21/h8-13,15,18,26H,6-7,14,16H2,1-5H3/t18-,29?/m1/s1. The Morgan fingerprint density at radius 1 is 1.17 bits per heavy atom. The molecule has 0 bridgehead atoms. The Morgan fingerprint density at radius 2 is 1.83 bits per heavy atom. The fourth-order valence-corrected chi connectivity index (χ4v) is 5.47. The van der Waals surface area contributed by atoms with Gasteiger partial charge in [-0.15, -0.1) is 0 Å². The molecule has 3 nitrogen and oxygen atoms in total. The number of aryl methyl sites for hydroxylation is 1. The summed E-state index contributed by atoms with van der Waals surface area (Å²) in [5, 5.41) is 10.5. The molecule has 2 aromatic rings. The van der Waals surface area contributed by atoms with Crippen LogP contribution in [0.25, 0.3) is 0 Å². The molecule has 0 amide bonds. The zero-order valence-electron chi connectivity index (χ0n) is 17.9. The zero-order chi connectivity index (χ0) is 21.6. The van der Waals surface area contributed by atoms with Crippen molar-refractivity contribution < 1.29 is 9.32 Å². The molecule has 2 atom stereocenters. The number of aliphatic hydroxyl groups excluding tert-OH is 1. The number of hydrogen-bond donors (Lipinski definition) is 1. The second-order valence-electron chi connectivity index (χ2n) is 8.27. The molecule has 0 heterocycles. The summed E-state index contributed by atoms with van der Waals surface area (Å²) in [6.45, 7) is 10.7. The lowest BCUT2D eigenvalue weighted by atomic mass is 10.1. The first-order valence-electron chi connectivity index (χ1n) is 9.93. The van der Waals surface area contributed by atoms with E-state index in [1.807, 2.05) is 53.3 Å². The van der Waals surface area contributed by atoms with E-state index >= 15 is 0 Å². The van der Waals surface area contributed by atoms with Gasteiger partial charge in [0.05, 0.1) is 17.2 Å². The molecule has 29 heavy (non-hydrogen) atoms. The molecule has 0 aliphatic heterocycles. The second-order valence-corrected chi connectivity index (χ2v) is 12.0. The lowest BCUT2D eigenvalue weighted by Gasteiger charge is -2.32. The molecule has 0 saturated carbocycles. The lowest BCUT2D eigenvalue weighted by Crippen LogP contribution is -2.36. The molecule has 2 aromatic carbocycles. The summed E-state index contributed by atoms with van der Waals surface area (Å²) in [5.41, 5.74) is 2.69. The Bertz CT molecular complexity index is 819. The van der Waals surface area contributed by atoms with Crippen molar-refractivity contribution in [2.75, 3.05) is 10.1 Å². The predicted molar refractivity (Wildman–Crippen MR) is 128 cm³/mol. The van der Waals surface area contributed by atoms with E-state index in [1.165, 1.54) is 0 Å². The molecule has 0 aliphatic carbocycles. The Labute approximate surface area is 187 Å². The van der Waals surface area contributed by atoms with Crippen LogP contribution >= 0.6 is 23.4 Å². The molecule has 2 rings (SSSR count). The van der Waals surface area contributed by atoms with Crippen LogP contribution in [0, 0.1) is 6.92 Å². The van der Waals surface area contributed by atoms with Gasteiger partial charge in [-0.3, -0.25) is 4.31 Å². The minimum absolute atomic E-state index is 0.0548. The maximum atomic E-state index is 13.6. The normalized spacial score (nSPS) is 13.9. The van der Waals surface area contributed by atoms with E-state index in [0.717, 1.165) is 35.4 Å². The number of aliphatic hydroxyl groups is 1. The number of benzene rings is 2. The van der Waals surface area contributed by atoms with E-state index in [-0.39, 0.29) is 17.4 Å². The maximum Gasteiger partial charge on any atom is 0.153 e. The minimum Gasteiger partial charge on any atom is -0.392 e. The van der Waals surface area contributed by atoms with Gasteiger partial charge >= 0.3 is 0 Å². The number of rotatable bonds is 9. The Kier molecular flexibility index (Phi) is 9.08. The van der Waals surface area contributed by atoms with Crippen LogP contribution in [0.5, 0.6) is 0 Å². The van der Waals surface area contributed by atoms with Gasteiger partial charge in [-0.25, -0.2) is 4.21 Å². The molecular weight excluding hydrogens is 422 g/mol. The van der Waals surface area contributed by atoms with Gasteiger partial charge in [-0.05, 0) is 68.3 Å². The molecule has 1 unspecified atom stereocenters. The van der Waals surface area contributed by atoms with E-state index in [1.54, 1.807) is 12.1 Å². The van der Waals surface area contributed by atoms with Crippen molar-refractivity contribution in [2.45, 2.75) is 69.8 Å². The molecule has 1 N–H and O–H groups in total. The van der Waals surface area contributed by atoms with Gasteiger partial charge in [0.15, 0.2) is 11.0 Å². The molecule has 0 aliphatic rings. The first-order valence-corrected chi connectivity index (χ1v) is 12.4. The highest BCUT2D eigenvalue weighted by Gasteiger charge is 2.25. The van der Waals surface area contributed by atoms with Crippen molar-refractivity contribution in [1.29, 1.82) is 0 Å². The van der Waals surface area contributed by atoms with E-state index in [0.29, 0.717) is 9.92 Å². The Balaban J connectivity index is 2.31. The van der Waals surface area contributed by atoms with Crippen LogP contribution < -0.4 is 4.31 Å². The highest BCUT2D eigenvalue weighted by atomic mass is 35.5. The van der Waals surface area contributed by atoms with Crippen LogP contribution in [0.4, 0.5) is 5.69 Å². The summed E-state index contributed by atoms with van der Waals surface area (Å²) in [6, 6.07) is 13.1. The van der Waals surface area contributed by atoms with E-state index in [9.17, 15) is 9.32 Å². The van der Waals surface area contributed by atoms with E-state index in [2.05, 4.69) is 27.7 Å². The van der Waals surface area contributed by atoms with Crippen LogP contribution in [0.2, 0.25) is 5.02 Å². The number of thioether (sulfide) groups is 1. The molecular formula is C23H32ClNO2S2. The topological polar surface area (TPSA) is 40.5 Å². The second kappa shape index (κ2) is 10.9. The average molecular weight is 454 g/mol. The average Bonchev–Trinajstić information content (AvgIpc) is 2.65. The van der Waals surface area contributed by atoms with Crippen molar-refractivity contribution in [1.82, 2.24) is 0 Å². The molecule has 0 spiro atoms. The lowest BCUT2D eigenvalue weighted by molar-refractivity contribution is 0.282. The summed E-state index contributed by atoms with van der Waals surface area (Å²) in [6.07, 6.45) is 1.96. The SMILES string of the molecule is Cc1ccc(CO)c(N([C@H](C)CCCSC(C)(C)C)S(=O)c2ccc(Cl)cc2)c1. The summed E-state index contributed by atoms with van der Waals surface area (Å²) >= 11 is 7.97. The maximum absolute atomic E-state index is 13.6. The fourth-order valence-electron chi connectivity index (χ4n) is 3.04. The van der Waals surface area contributed by atoms with Gasteiger partial charge in [0.25, 0.3) is 0 Å². The van der Waals surface area contributed by atoms with Crippen LogP contribution in [-0.4, -0.2) is 25.9 Å². The van der Waals surface area contributed by atoms with Crippen LogP contribution in [0.3, 0.4) is 0 Å². The Morgan fingerprint density at radius 3 is 2.41 bits per heavy atom. The van der Waals surface area contributed by atoms with Crippen molar-refractivity contribution in [3.63, 3.8) is 0 Å². The van der Waals surface area contributed by atoms with Gasteiger partial charge in [0.1, 0.15) is 0 Å². The highest BCUT2D eigenvalue weighted by Crippen LogP contribution is 2.31. The van der Waals surface area contributed by atoms with Crippen molar-refractivity contribution in [3.05, 3.63) is 58.6 Å². The highest BCUT2D eigenvalue weighted by molar-refractivity contribution is 8.00. The third kappa shape index (κ3) is 7.32. The Hall–Kier alpha value is -1.01. The van der Waals surface area contributed by atoms with Crippen LogP contribution in [0.15, 0.2) is 47.4 Å². The summed E-state index contributed by atoms with van der Waals surface area (Å²) in [5.74, 6) is 1.07. The van der Waals surface area contributed by atoms with Gasteiger partial charge in [0.2, 0.25) is 0 Å². The van der Waals surface area contributed by atoms with Crippen molar-refractivity contribution >= 4 is 40.0 Å². The van der Waals surface area contributed by atoms with E-state index < -0.39 is 11.0 Å². The smallest absolute Gasteiger partial charge is 0.153 e. The largest absolute Gasteiger partial charge is 0.392 e. The van der Waals surface area contributed by atoms with Gasteiger partial charge in [-0.1, -0.05) is 44.5 Å². The third-order valence-corrected chi connectivity index (χ3v) is 7.74. The fraction of sp³-hybridized carbons (Fsp3) is 0.478. The van der Waals surface area contributed by atoms with Crippen LogP contribution in [-0.2, 0) is 17.6 Å². The van der Waals surface area contributed by atoms with Crippen molar-refractivity contribution in [2.24, 2.45) is 0 Å². The van der Waals surface area contributed by atoms with Gasteiger partial charge < -0.3 is 5.11 Å². The summed E-state index contributed by atoms with van der Waals surface area (Å²) in [4.78, 5) is 0.704. The number of nitrogens with zero attached hydrogens (tertiary/aromatic N) is 1. The molecule has 0 fully saturated rings. The molecule has 0 aromatic heterocycles. The molecule has 0 radical (unpaired) electrons. The summed E-state index contributed by atoms with van der Waals surface area (Å²) in [7, 11) is -1.40. The molecule has 0 saturated heterocycles. The molecule has 160 valence electrons. The quantitative estimate of drug-likeness (QED) is 0.448. The predicted octanol–water partition coefficient (Wildman–Crippen LogP) is 6.37. The molecule has 6 heteroatoms. The number of hydrogen-bond acceptors (Lipinski definition) is 3. The van der Waals surface area contributed by atoms with Gasteiger partial charge in [0, 0.05) is 21.4 Å². The first kappa shape index (κ1) is 24.3. The number of halogens is 1. The first-order chi connectivity index (χ1) is 13.6. The minimum atomic E-state index is -1.40. The summed E-state index contributed by atoms with van der Waals surface area (Å²) < 4.78 is 15.8. The third-order valence-electron chi connectivity index (χ3n) is 4.54. The van der Waals surface area contributed by atoms with E-state index in [4.69, 9.17) is 11.6 Å². The van der Waals surface area contributed by atoms with Crippen molar-refractivity contribution in [3.8, 4) is 0 Å². The van der Waals surface area contributed by atoms with Gasteiger partial charge in [-0.2, -0.15) is 11.8 Å². The zero-order valence-corrected chi connectivity index (χ0v) is 20.3. The number of anilines is 1. The van der Waals surface area contributed by atoms with Crippen LogP contribution in [0.1, 0.15) is 51.7 Å².